The molecule has 1 rings (SSSR count). The number of hydrogen-bond acceptors (Lipinski definition) is 1. The van der Waals surface area contributed by atoms with Crippen molar-refractivity contribution in [3.63, 3.8) is 0 Å². The van der Waals surface area contributed by atoms with Crippen molar-refractivity contribution in [2.75, 3.05) is 0 Å². The molecule has 1 aromatic carbocycles. The van der Waals surface area contributed by atoms with Crippen LogP contribution in [0, 0.1) is 0 Å². The predicted molar refractivity (Wildman–Crippen MR) is 57.5 cm³/mol. The van der Waals surface area contributed by atoms with Crippen LogP contribution in [-0.4, -0.2) is 11.6 Å². The first-order chi connectivity index (χ1) is 6.26. The van der Waals surface area contributed by atoms with Crippen molar-refractivity contribution in [2.45, 2.75) is 6.92 Å². The maximum Gasteiger partial charge on any atom is 0.290 e. The van der Waals surface area contributed by atoms with Gasteiger partial charge in [-0.05, 0) is 18.6 Å². The van der Waals surface area contributed by atoms with Gasteiger partial charge in [-0.25, -0.2) is 0 Å². The van der Waals surface area contributed by atoms with Gasteiger partial charge in [0.1, 0.15) is 0 Å². The van der Waals surface area contributed by atoms with E-state index in [1.54, 1.807) is 0 Å². The second kappa shape index (κ2) is 7.55. The summed E-state index contributed by atoms with van der Waals surface area (Å²) in [6.45, 7) is 1.76. The fraction of sp³-hybridized carbons (Fsp3) is 0.100. The summed E-state index contributed by atoms with van der Waals surface area (Å²) < 4.78 is 1.15. The van der Waals surface area contributed by atoms with Crippen LogP contribution >= 0.6 is 15.9 Å². The first kappa shape index (κ1) is 11.9. The zero-order chi connectivity index (χ0) is 10.1. The Bertz CT molecular complexity index is 282. The molecule has 0 bridgehead atoms. The summed E-state index contributed by atoms with van der Waals surface area (Å²) in [5.74, 6) is 0. The van der Waals surface area contributed by atoms with Crippen LogP contribution in [0.2, 0.25) is 0 Å². The first-order valence-corrected chi connectivity index (χ1v) is 4.50. The highest BCUT2D eigenvalue weighted by Gasteiger charge is 1.89. The molecule has 70 valence electrons. The molecule has 0 heterocycles. The number of carbonyl (C=O) groups is 1. The van der Waals surface area contributed by atoms with E-state index in [2.05, 4.69) is 28.1 Å². The molecular formula is C10H11BrO2. The van der Waals surface area contributed by atoms with Crippen LogP contribution in [0.25, 0.3) is 6.08 Å². The van der Waals surface area contributed by atoms with E-state index < -0.39 is 0 Å². The van der Waals surface area contributed by atoms with Gasteiger partial charge in [-0.15, -0.1) is 0 Å². The molecule has 0 unspecified atom stereocenters. The second-order valence-electron chi connectivity index (χ2n) is 2.13. The van der Waals surface area contributed by atoms with E-state index in [-0.39, 0.29) is 6.47 Å². The van der Waals surface area contributed by atoms with Crippen molar-refractivity contribution in [2.24, 2.45) is 0 Å². The quantitative estimate of drug-likeness (QED) is 0.769. The molecule has 13 heavy (non-hydrogen) atoms. The minimum atomic E-state index is -0.250. The Morgan fingerprint density at radius 1 is 1.38 bits per heavy atom. The molecule has 0 fully saturated rings. The lowest BCUT2D eigenvalue weighted by atomic mass is 10.2. The van der Waals surface area contributed by atoms with Crippen LogP contribution in [0.15, 0.2) is 34.8 Å². The average Bonchev–Trinajstić information content (AvgIpc) is 2.11. The van der Waals surface area contributed by atoms with Gasteiger partial charge in [0.15, 0.2) is 0 Å². The SMILES string of the molecule is CC=Cc1ccccc1Br.O=CO. The smallest absolute Gasteiger partial charge is 0.290 e. The Morgan fingerprint density at radius 2 is 1.92 bits per heavy atom. The molecule has 0 saturated heterocycles. The fourth-order valence-corrected chi connectivity index (χ4v) is 1.21. The zero-order valence-electron chi connectivity index (χ0n) is 7.27. The number of carboxylic acid groups (broad SMARTS) is 1. The molecule has 0 aliphatic heterocycles. The molecule has 0 saturated carbocycles. The first-order valence-electron chi connectivity index (χ1n) is 3.71. The third-order valence-electron chi connectivity index (χ3n) is 1.25. The summed E-state index contributed by atoms with van der Waals surface area (Å²) in [4.78, 5) is 8.36. The molecule has 2 nitrogen and oxygen atoms in total. The monoisotopic (exact) mass is 242 g/mol. The molecule has 1 N–H and O–H groups in total. The van der Waals surface area contributed by atoms with Gasteiger partial charge in [0.05, 0.1) is 0 Å². The van der Waals surface area contributed by atoms with Gasteiger partial charge in [-0.1, -0.05) is 46.3 Å². The van der Waals surface area contributed by atoms with Gasteiger partial charge in [-0.2, -0.15) is 0 Å². The Morgan fingerprint density at radius 3 is 2.38 bits per heavy atom. The molecule has 1 aromatic rings. The van der Waals surface area contributed by atoms with Crippen molar-refractivity contribution in [1.29, 1.82) is 0 Å². The lowest BCUT2D eigenvalue weighted by Crippen LogP contribution is -1.71. The van der Waals surface area contributed by atoms with Crippen molar-refractivity contribution < 1.29 is 9.90 Å². The van der Waals surface area contributed by atoms with Gasteiger partial charge in [-0.3, -0.25) is 4.79 Å². The molecular weight excluding hydrogens is 232 g/mol. The summed E-state index contributed by atoms with van der Waals surface area (Å²) in [6, 6.07) is 8.15. The predicted octanol–water partition coefficient (Wildman–Crippen LogP) is 3.18. The van der Waals surface area contributed by atoms with Crippen LogP contribution in [0.5, 0.6) is 0 Å². The van der Waals surface area contributed by atoms with E-state index in [0.717, 1.165) is 4.47 Å². The minimum Gasteiger partial charge on any atom is -0.483 e. The molecule has 0 radical (unpaired) electrons. The van der Waals surface area contributed by atoms with Crippen LogP contribution in [0.4, 0.5) is 0 Å². The van der Waals surface area contributed by atoms with Gasteiger partial charge in [0, 0.05) is 4.47 Å². The van der Waals surface area contributed by atoms with Crippen molar-refractivity contribution in [1.82, 2.24) is 0 Å². The highest BCUT2D eigenvalue weighted by Crippen LogP contribution is 2.16. The number of rotatable bonds is 1. The highest BCUT2D eigenvalue weighted by atomic mass is 79.9. The molecule has 0 aromatic heterocycles. The molecule has 0 aliphatic carbocycles. The van der Waals surface area contributed by atoms with Gasteiger partial charge < -0.3 is 5.11 Å². The Kier molecular flexibility index (Phi) is 6.92. The minimum absolute atomic E-state index is 0.250. The Hall–Kier alpha value is -1.09. The molecule has 0 atom stereocenters. The van der Waals surface area contributed by atoms with E-state index in [1.165, 1.54) is 5.56 Å². The van der Waals surface area contributed by atoms with E-state index in [9.17, 15) is 0 Å². The summed E-state index contributed by atoms with van der Waals surface area (Å²) in [5.41, 5.74) is 1.23. The molecule has 0 amide bonds. The maximum absolute atomic E-state index is 8.36. The highest BCUT2D eigenvalue weighted by molar-refractivity contribution is 9.10. The standard InChI is InChI=1S/C9H9Br.CH2O2/c1-2-5-8-6-3-4-7-9(8)10;2-1-3/h2-7H,1H3;1H,(H,2,3). The van der Waals surface area contributed by atoms with E-state index in [1.807, 2.05) is 31.2 Å². The summed E-state index contributed by atoms with van der Waals surface area (Å²) in [7, 11) is 0. The van der Waals surface area contributed by atoms with E-state index >= 15 is 0 Å². The van der Waals surface area contributed by atoms with Gasteiger partial charge in [0.25, 0.3) is 6.47 Å². The van der Waals surface area contributed by atoms with Crippen LogP contribution in [0.1, 0.15) is 12.5 Å². The summed E-state index contributed by atoms with van der Waals surface area (Å²) in [5, 5.41) is 6.89. The second-order valence-corrected chi connectivity index (χ2v) is 2.98. The van der Waals surface area contributed by atoms with E-state index in [4.69, 9.17) is 9.90 Å². The van der Waals surface area contributed by atoms with Crippen molar-refractivity contribution in [3.05, 3.63) is 40.4 Å². The van der Waals surface area contributed by atoms with Crippen LogP contribution in [0.3, 0.4) is 0 Å². The topological polar surface area (TPSA) is 37.3 Å². The van der Waals surface area contributed by atoms with Crippen LogP contribution in [-0.2, 0) is 4.79 Å². The normalized spacial score (nSPS) is 9.08. The number of allylic oxidation sites excluding steroid dienone is 1. The third-order valence-corrected chi connectivity index (χ3v) is 1.97. The largest absolute Gasteiger partial charge is 0.483 e. The molecule has 0 aliphatic rings. The number of benzene rings is 1. The Labute approximate surface area is 86.0 Å². The van der Waals surface area contributed by atoms with Crippen molar-refractivity contribution in [3.8, 4) is 0 Å². The number of halogens is 1. The van der Waals surface area contributed by atoms with Crippen LogP contribution < -0.4 is 0 Å². The van der Waals surface area contributed by atoms with Gasteiger partial charge in [0.2, 0.25) is 0 Å². The molecule has 3 heteroatoms. The Balaban J connectivity index is 0.000000424. The third kappa shape index (κ3) is 5.20. The van der Waals surface area contributed by atoms with Gasteiger partial charge >= 0.3 is 0 Å². The summed E-state index contributed by atoms with van der Waals surface area (Å²) >= 11 is 3.45. The average molecular weight is 243 g/mol. The zero-order valence-corrected chi connectivity index (χ0v) is 8.86. The fourth-order valence-electron chi connectivity index (χ4n) is 0.790. The molecule has 0 spiro atoms. The number of hydrogen-bond donors (Lipinski definition) is 1. The maximum atomic E-state index is 8.36. The lowest BCUT2D eigenvalue weighted by Gasteiger charge is -1.94. The van der Waals surface area contributed by atoms with E-state index in [0.29, 0.717) is 0 Å². The lowest BCUT2D eigenvalue weighted by molar-refractivity contribution is -0.122. The van der Waals surface area contributed by atoms with Crippen molar-refractivity contribution >= 4 is 28.5 Å². The summed E-state index contributed by atoms with van der Waals surface area (Å²) in [6.07, 6.45) is 4.10.